The van der Waals surface area contributed by atoms with Crippen LogP contribution >= 0.6 is 11.6 Å². The zero-order valence-corrected chi connectivity index (χ0v) is 21.2. The Morgan fingerprint density at radius 2 is 1.84 bits per heavy atom. The second kappa shape index (κ2) is 10.6. The standard InChI is InChI=1S/C30H42ClN/c1-5-7-8-10-14-23-18-25-24-15-11-9-12-16-29(24)32-20-27(21(3)13-6-2)22(4)17-30(32)26(25)19-28(23)31/h18-20,24,29-30H,3-17H2,1-2H3. The van der Waals surface area contributed by atoms with Crippen LogP contribution in [0, 0.1) is 0 Å². The lowest BCUT2D eigenvalue weighted by Gasteiger charge is -2.50. The fourth-order valence-corrected chi connectivity index (χ4v) is 6.62. The van der Waals surface area contributed by atoms with E-state index in [0.717, 1.165) is 30.7 Å². The Morgan fingerprint density at radius 1 is 1.03 bits per heavy atom. The van der Waals surface area contributed by atoms with Crippen LogP contribution in [0.4, 0.5) is 0 Å². The zero-order chi connectivity index (χ0) is 22.7. The first-order valence-corrected chi connectivity index (χ1v) is 13.6. The van der Waals surface area contributed by atoms with Crippen molar-refractivity contribution >= 4 is 11.6 Å². The molecule has 1 aromatic carbocycles. The second-order valence-corrected chi connectivity index (χ2v) is 10.8. The lowest BCUT2D eigenvalue weighted by molar-refractivity contribution is 0.141. The van der Waals surface area contributed by atoms with Crippen LogP contribution in [0.15, 0.2) is 48.2 Å². The quantitative estimate of drug-likeness (QED) is 0.355. The van der Waals surface area contributed by atoms with Crippen molar-refractivity contribution in [2.24, 2.45) is 0 Å². The maximum Gasteiger partial charge on any atom is 0.0584 e. The number of benzene rings is 1. The highest BCUT2D eigenvalue weighted by atomic mass is 35.5. The van der Waals surface area contributed by atoms with E-state index in [1.54, 1.807) is 5.56 Å². The average molecular weight is 452 g/mol. The van der Waals surface area contributed by atoms with E-state index in [-0.39, 0.29) is 0 Å². The van der Waals surface area contributed by atoms with Crippen LogP contribution in [-0.2, 0) is 6.42 Å². The Hall–Kier alpha value is -1.47. The normalized spacial score (nSPS) is 24.8. The van der Waals surface area contributed by atoms with Crippen LogP contribution in [-0.4, -0.2) is 10.9 Å². The molecular formula is C30H42ClN. The third-order valence-corrected chi connectivity index (χ3v) is 8.42. The molecule has 174 valence electrons. The molecule has 3 aliphatic rings. The summed E-state index contributed by atoms with van der Waals surface area (Å²) in [7, 11) is 0. The maximum absolute atomic E-state index is 6.90. The molecule has 0 spiro atoms. The van der Waals surface area contributed by atoms with Crippen LogP contribution in [0.3, 0.4) is 0 Å². The summed E-state index contributed by atoms with van der Waals surface area (Å²) in [5.74, 6) is 0.624. The van der Waals surface area contributed by atoms with E-state index in [4.69, 9.17) is 11.6 Å². The van der Waals surface area contributed by atoms with Crippen molar-refractivity contribution < 1.29 is 0 Å². The van der Waals surface area contributed by atoms with Gasteiger partial charge in [-0.1, -0.05) is 89.6 Å². The fraction of sp³-hybridized carbons (Fsp3) is 0.600. The van der Waals surface area contributed by atoms with Gasteiger partial charge >= 0.3 is 0 Å². The fourth-order valence-electron chi connectivity index (χ4n) is 6.36. The van der Waals surface area contributed by atoms with Crippen molar-refractivity contribution in [3.05, 3.63) is 69.9 Å². The van der Waals surface area contributed by atoms with Gasteiger partial charge in [-0.3, -0.25) is 0 Å². The smallest absolute Gasteiger partial charge is 0.0584 e. The van der Waals surface area contributed by atoms with Crippen molar-refractivity contribution in [2.45, 2.75) is 115 Å². The van der Waals surface area contributed by atoms with E-state index in [2.05, 4.69) is 50.2 Å². The Morgan fingerprint density at radius 3 is 2.62 bits per heavy atom. The molecule has 2 heteroatoms. The largest absolute Gasteiger partial charge is 0.366 e. The van der Waals surface area contributed by atoms with E-state index in [9.17, 15) is 0 Å². The molecule has 0 radical (unpaired) electrons. The maximum atomic E-state index is 6.90. The third kappa shape index (κ3) is 4.74. The molecule has 1 aromatic rings. The summed E-state index contributed by atoms with van der Waals surface area (Å²) in [5.41, 5.74) is 8.27. The number of allylic oxidation sites excluding steroid dienone is 2. The van der Waals surface area contributed by atoms with Crippen LogP contribution in [0.1, 0.15) is 120 Å². The van der Waals surface area contributed by atoms with Gasteiger partial charge in [-0.2, -0.15) is 0 Å². The Balaban J connectivity index is 1.72. The third-order valence-electron chi connectivity index (χ3n) is 8.06. The molecule has 2 aliphatic heterocycles. The van der Waals surface area contributed by atoms with Gasteiger partial charge in [-0.25, -0.2) is 0 Å². The van der Waals surface area contributed by atoms with E-state index in [1.807, 2.05) is 0 Å². The van der Waals surface area contributed by atoms with Gasteiger partial charge in [0, 0.05) is 23.2 Å². The Labute approximate surface area is 201 Å². The molecule has 3 atom stereocenters. The SMILES string of the molecule is C=C(CCC)C1=CN2C(CC1=C)c1cc(Cl)c(CCCCCC)cc1C1CCCCCC12. The number of unbranched alkanes of at least 4 members (excludes halogenated alkanes) is 3. The first-order valence-electron chi connectivity index (χ1n) is 13.2. The molecule has 1 aliphatic carbocycles. The zero-order valence-electron chi connectivity index (χ0n) is 20.4. The average Bonchev–Trinajstić information content (AvgIpc) is 3.03. The molecular weight excluding hydrogens is 410 g/mol. The number of hydrogen-bond acceptors (Lipinski definition) is 1. The summed E-state index contributed by atoms with van der Waals surface area (Å²) in [6, 6.07) is 5.82. The van der Waals surface area contributed by atoms with Crippen molar-refractivity contribution in [3.8, 4) is 0 Å². The lowest BCUT2D eigenvalue weighted by atomic mass is 9.73. The number of rotatable bonds is 8. The number of nitrogens with zero attached hydrogens (tertiary/aromatic N) is 1. The lowest BCUT2D eigenvalue weighted by Crippen LogP contribution is -2.45. The van der Waals surface area contributed by atoms with Gasteiger partial charge in [-0.15, -0.1) is 0 Å². The summed E-state index contributed by atoms with van der Waals surface area (Å²) in [5, 5.41) is 0.975. The summed E-state index contributed by atoms with van der Waals surface area (Å²) in [6.07, 6.45) is 18.6. The van der Waals surface area contributed by atoms with Gasteiger partial charge in [0.25, 0.3) is 0 Å². The molecule has 4 rings (SSSR count). The highest BCUT2D eigenvalue weighted by molar-refractivity contribution is 6.31. The summed E-state index contributed by atoms with van der Waals surface area (Å²) < 4.78 is 0. The first kappa shape index (κ1) is 23.7. The molecule has 3 unspecified atom stereocenters. The minimum atomic E-state index is 0.377. The van der Waals surface area contributed by atoms with Crippen LogP contribution < -0.4 is 0 Å². The van der Waals surface area contributed by atoms with E-state index >= 15 is 0 Å². The van der Waals surface area contributed by atoms with Gasteiger partial charge in [0.15, 0.2) is 0 Å². The van der Waals surface area contributed by atoms with Crippen LogP contribution in [0.25, 0.3) is 0 Å². The minimum absolute atomic E-state index is 0.377. The number of fused-ring (bicyclic) bond motifs is 6. The molecule has 0 N–H and O–H groups in total. The highest BCUT2D eigenvalue weighted by Crippen LogP contribution is 2.51. The van der Waals surface area contributed by atoms with Gasteiger partial charge in [-0.05, 0) is 78.0 Å². The number of halogens is 1. The van der Waals surface area contributed by atoms with Crippen molar-refractivity contribution in [1.29, 1.82) is 0 Å². The monoisotopic (exact) mass is 451 g/mol. The minimum Gasteiger partial charge on any atom is -0.366 e. The molecule has 0 saturated heterocycles. The first-order chi connectivity index (χ1) is 15.5. The molecule has 1 fully saturated rings. The Bertz CT molecular complexity index is 879. The molecule has 1 nitrogen and oxygen atoms in total. The van der Waals surface area contributed by atoms with Crippen LogP contribution in [0.5, 0.6) is 0 Å². The Kier molecular flexibility index (Phi) is 7.87. The van der Waals surface area contributed by atoms with Gasteiger partial charge in [0.05, 0.1) is 6.04 Å². The van der Waals surface area contributed by atoms with Gasteiger partial charge < -0.3 is 4.90 Å². The predicted molar refractivity (Wildman–Crippen MR) is 139 cm³/mol. The molecule has 1 saturated carbocycles. The predicted octanol–water partition coefficient (Wildman–Crippen LogP) is 9.44. The van der Waals surface area contributed by atoms with Crippen molar-refractivity contribution in [1.82, 2.24) is 4.90 Å². The summed E-state index contributed by atoms with van der Waals surface area (Å²) in [6.45, 7) is 13.4. The van der Waals surface area contributed by atoms with Gasteiger partial charge in [0.2, 0.25) is 0 Å². The van der Waals surface area contributed by atoms with Crippen LogP contribution in [0.2, 0.25) is 5.02 Å². The highest BCUT2D eigenvalue weighted by Gasteiger charge is 2.42. The summed E-state index contributed by atoms with van der Waals surface area (Å²) in [4.78, 5) is 2.71. The number of hydrogen-bond donors (Lipinski definition) is 0. The van der Waals surface area contributed by atoms with E-state index < -0.39 is 0 Å². The molecule has 0 aromatic heterocycles. The van der Waals surface area contributed by atoms with Crippen molar-refractivity contribution in [3.63, 3.8) is 0 Å². The topological polar surface area (TPSA) is 3.24 Å². The molecule has 0 amide bonds. The van der Waals surface area contributed by atoms with E-state index in [0.29, 0.717) is 18.0 Å². The second-order valence-electron chi connectivity index (χ2n) is 10.4. The molecule has 32 heavy (non-hydrogen) atoms. The molecule has 2 heterocycles. The number of aryl methyl sites for hydroxylation is 1. The van der Waals surface area contributed by atoms with Crippen molar-refractivity contribution in [2.75, 3.05) is 0 Å². The summed E-state index contributed by atoms with van der Waals surface area (Å²) >= 11 is 6.90. The molecule has 0 bridgehead atoms. The van der Waals surface area contributed by atoms with Gasteiger partial charge in [0.1, 0.15) is 0 Å². The van der Waals surface area contributed by atoms with E-state index in [1.165, 1.54) is 85.6 Å².